The number of aryl methyl sites for hydroxylation is 1. The van der Waals surface area contributed by atoms with Gasteiger partial charge in [-0.15, -0.1) is 0 Å². The van der Waals surface area contributed by atoms with E-state index < -0.39 is 12.0 Å². The van der Waals surface area contributed by atoms with Crippen molar-refractivity contribution in [3.63, 3.8) is 0 Å². The van der Waals surface area contributed by atoms with Crippen molar-refractivity contribution in [2.24, 2.45) is 0 Å². The van der Waals surface area contributed by atoms with Crippen molar-refractivity contribution in [1.82, 2.24) is 4.90 Å². The van der Waals surface area contributed by atoms with Crippen molar-refractivity contribution in [1.29, 1.82) is 0 Å². The maximum atomic E-state index is 11.6. The van der Waals surface area contributed by atoms with Gasteiger partial charge in [0, 0.05) is 0 Å². The average molecular weight is 261 g/mol. The second-order valence-electron chi connectivity index (χ2n) is 4.62. The molecule has 2 rings (SSSR count). The van der Waals surface area contributed by atoms with Gasteiger partial charge in [0.2, 0.25) is 5.91 Å². The van der Waals surface area contributed by atoms with Crippen LogP contribution in [0.5, 0.6) is 0 Å². The molecule has 5 heteroatoms. The highest BCUT2D eigenvalue weighted by atomic mass is 16.4. The van der Waals surface area contributed by atoms with Gasteiger partial charge in [-0.25, -0.2) is 4.79 Å². The third kappa shape index (κ3) is 3.19. The first kappa shape index (κ1) is 13.3. The molecule has 1 fully saturated rings. The molecule has 1 amide bonds. The monoisotopic (exact) mass is 261 g/mol. The molecule has 19 heavy (non-hydrogen) atoms. The lowest BCUT2D eigenvalue weighted by molar-refractivity contribution is -0.148. The molecule has 1 saturated heterocycles. The summed E-state index contributed by atoms with van der Waals surface area (Å²) in [7, 11) is 0. The number of hydrogen-bond donors (Lipinski definition) is 1. The third-order valence-corrected chi connectivity index (χ3v) is 3.23. The minimum atomic E-state index is -1.06. The Bertz CT molecular complexity index is 497. The number of likely N-dealkylation sites (tertiary alicyclic amines) is 1. The van der Waals surface area contributed by atoms with Gasteiger partial charge in [-0.05, 0) is 18.4 Å². The van der Waals surface area contributed by atoms with Crippen molar-refractivity contribution >= 4 is 17.7 Å². The Labute approximate surface area is 110 Å². The van der Waals surface area contributed by atoms with E-state index in [0.29, 0.717) is 12.8 Å². The Balaban J connectivity index is 2.03. The molecule has 0 aliphatic carbocycles. The SMILES string of the molecule is O=C1CC(=O)N([C@@H](CCc2ccccc2)C(=O)O)C1. The molecule has 0 bridgehead atoms. The number of Topliss-reactive ketones (excluding diaryl/α,β-unsaturated/α-hetero) is 1. The zero-order valence-electron chi connectivity index (χ0n) is 10.4. The highest BCUT2D eigenvalue weighted by molar-refractivity contribution is 6.06. The predicted octanol–water partition coefficient (Wildman–Crippen LogP) is 0.874. The van der Waals surface area contributed by atoms with Crippen LogP contribution in [0.3, 0.4) is 0 Å². The van der Waals surface area contributed by atoms with Crippen LogP contribution in [0.1, 0.15) is 18.4 Å². The average Bonchev–Trinajstić information content (AvgIpc) is 2.70. The van der Waals surface area contributed by atoms with E-state index in [1.54, 1.807) is 0 Å². The molecule has 0 spiro atoms. The van der Waals surface area contributed by atoms with E-state index in [-0.39, 0.29) is 24.7 Å². The smallest absolute Gasteiger partial charge is 0.326 e. The van der Waals surface area contributed by atoms with Crippen LogP contribution in [-0.2, 0) is 20.8 Å². The first-order valence-corrected chi connectivity index (χ1v) is 6.16. The number of amides is 1. The maximum absolute atomic E-state index is 11.6. The van der Waals surface area contributed by atoms with Crippen LogP contribution >= 0.6 is 0 Å². The number of carbonyl (C=O) groups is 3. The third-order valence-electron chi connectivity index (χ3n) is 3.23. The zero-order valence-corrected chi connectivity index (χ0v) is 10.4. The Kier molecular flexibility index (Phi) is 3.94. The summed E-state index contributed by atoms with van der Waals surface area (Å²) in [4.78, 5) is 35.2. The lowest BCUT2D eigenvalue weighted by Gasteiger charge is -2.23. The van der Waals surface area contributed by atoms with Gasteiger partial charge >= 0.3 is 5.97 Å². The summed E-state index contributed by atoms with van der Waals surface area (Å²) in [5.41, 5.74) is 1.02. The minimum absolute atomic E-state index is 0.0788. The Hall–Kier alpha value is -2.17. The topological polar surface area (TPSA) is 74.7 Å². The van der Waals surface area contributed by atoms with Gasteiger partial charge in [0.05, 0.1) is 13.0 Å². The molecule has 0 aromatic heterocycles. The number of carboxylic acids is 1. The lowest BCUT2D eigenvalue weighted by atomic mass is 10.0. The largest absolute Gasteiger partial charge is 0.480 e. The van der Waals surface area contributed by atoms with Crippen LogP contribution < -0.4 is 0 Å². The Morgan fingerprint density at radius 2 is 1.95 bits per heavy atom. The Morgan fingerprint density at radius 1 is 1.26 bits per heavy atom. The number of aliphatic carboxylic acids is 1. The molecule has 1 aromatic carbocycles. The van der Waals surface area contributed by atoms with Crippen LogP contribution in [0.25, 0.3) is 0 Å². The molecule has 1 aromatic rings. The van der Waals surface area contributed by atoms with Crippen molar-refractivity contribution in [2.75, 3.05) is 6.54 Å². The molecule has 5 nitrogen and oxygen atoms in total. The fourth-order valence-electron chi connectivity index (χ4n) is 2.25. The van der Waals surface area contributed by atoms with E-state index in [0.717, 1.165) is 5.56 Å². The van der Waals surface area contributed by atoms with Gasteiger partial charge in [0.15, 0.2) is 5.78 Å². The summed E-state index contributed by atoms with van der Waals surface area (Å²) in [5.74, 6) is -1.65. The molecule has 1 aliphatic heterocycles. The van der Waals surface area contributed by atoms with E-state index in [1.165, 1.54) is 4.90 Å². The van der Waals surface area contributed by atoms with E-state index in [9.17, 15) is 19.5 Å². The summed E-state index contributed by atoms with van der Waals surface area (Å²) in [5, 5.41) is 9.21. The van der Waals surface area contributed by atoms with Crippen LogP contribution in [0.15, 0.2) is 30.3 Å². The van der Waals surface area contributed by atoms with E-state index in [4.69, 9.17) is 0 Å². The molecule has 100 valence electrons. The normalized spacial score (nSPS) is 16.7. The summed E-state index contributed by atoms with van der Waals surface area (Å²) in [6.45, 7) is -0.0788. The maximum Gasteiger partial charge on any atom is 0.326 e. The second-order valence-corrected chi connectivity index (χ2v) is 4.62. The lowest BCUT2D eigenvalue weighted by Crippen LogP contribution is -2.42. The van der Waals surface area contributed by atoms with Crippen molar-refractivity contribution < 1.29 is 19.5 Å². The molecule has 0 saturated carbocycles. The fourth-order valence-corrected chi connectivity index (χ4v) is 2.25. The summed E-state index contributed by atoms with van der Waals surface area (Å²) in [6, 6.07) is 8.57. The first-order valence-electron chi connectivity index (χ1n) is 6.16. The minimum Gasteiger partial charge on any atom is -0.480 e. The number of carboxylic acid groups (broad SMARTS) is 1. The summed E-state index contributed by atoms with van der Waals surface area (Å²) >= 11 is 0. The second kappa shape index (κ2) is 5.65. The van der Waals surface area contributed by atoms with Crippen LogP contribution in [-0.4, -0.2) is 40.3 Å². The van der Waals surface area contributed by atoms with Crippen molar-refractivity contribution in [2.45, 2.75) is 25.3 Å². The standard InChI is InChI=1S/C14H15NO4/c16-11-8-13(17)15(9-11)12(14(18)19)7-6-10-4-2-1-3-5-10/h1-5,12H,6-9H2,(H,18,19)/t12-/m0/s1. The first-order chi connectivity index (χ1) is 9.08. The quantitative estimate of drug-likeness (QED) is 0.798. The van der Waals surface area contributed by atoms with Gasteiger partial charge in [-0.2, -0.15) is 0 Å². The molecule has 1 atom stereocenters. The zero-order chi connectivity index (χ0) is 13.8. The van der Waals surface area contributed by atoms with E-state index in [1.807, 2.05) is 30.3 Å². The Morgan fingerprint density at radius 3 is 2.47 bits per heavy atom. The fraction of sp³-hybridized carbons (Fsp3) is 0.357. The number of hydrogen-bond acceptors (Lipinski definition) is 3. The molecular formula is C14H15NO4. The van der Waals surface area contributed by atoms with Gasteiger partial charge in [-0.1, -0.05) is 30.3 Å². The molecule has 1 aliphatic rings. The molecule has 0 radical (unpaired) electrons. The highest BCUT2D eigenvalue weighted by Gasteiger charge is 2.36. The van der Waals surface area contributed by atoms with Crippen molar-refractivity contribution in [3.05, 3.63) is 35.9 Å². The van der Waals surface area contributed by atoms with E-state index >= 15 is 0 Å². The molecule has 1 N–H and O–H groups in total. The number of benzene rings is 1. The predicted molar refractivity (Wildman–Crippen MR) is 67.5 cm³/mol. The summed E-state index contributed by atoms with van der Waals surface area (Å²) in [6.07, 6.45) is 0.712. The van der Waals surface area contributed by atoms with Crippen LogP contribution in [0, 0.1) is 0 Å². The van der Waals surface area contributed by atoms with Crippen LogP contribution in [0.2, 0.25) is 0 Å². The highest BCUT2D eigenvalue weighted by Crippen LogP contribution is 2.16. The number of nitrogens with zero attached hydrogens (tertiary/aromatic N) is 1. The number of carbonyl (C=O) groups excluding carboxylic acids is 2. The molecular weight excluding hydrogens is 246 g/mol. The van der Waals surface area contributed by atoms with E-state index in [2.05, 4.69) is 0 Å². The van der Waals surface area contributed by atoms with Crippen molar-refractivity contribution in [3.8, 4) is 0 Å². The van der Waals surface area contributed by atoms with Gasteiger partial charge in [-0.3, -0.25) is 9.59 Å². The molecule has 1 heterocycles. The van der Waals surface area contributed by atoms with Gasteiger partial charge < -0.3 is 10.0 Å². The summed E-state index contributed by atoms with van der Waals surface area (Å²) < 4.78 is 0. The number of rotatable bonds is 5. The van der Waals surface area contributed by atoms with Crippen LogP contribution in [0.4, 0.5) is 0 Å². The number of ketones is 1. The van der Waals surface area contributed by atoms with Gasteiger partial charge in [0.25, 0.3) is 0 Å². The van der Waals surface area contributed by atoms with Gasteiger partial charge in [0.1, 0.15) is 6.04 Å². The molecule has 0 unspecified atom stereocenters.